The lowest BCUT2D eigenvalue weighted by Gasteiger charge is -2.27. The average Bonchev–Trinajstić information content (AvgIpc) is 3.38. The summed E-state index contributed by atoms with van der Waals surface area (Å²) in [6, 6.07) is 5.36. The van der Waals surface area contributed by atoms with Gasteiger partial charge in [-0.25, -0.2) is 17.6 Å². The maximum Gasteiger partial charge on any atom is 0.177 e. The second kappa shape index (κ2) is 6.75. The summed E-state index contributed by atoms with van der Waals surface area (Å²) in [5.74, 6) is -3.98. The van der Waals surface area contributed by atoms with Gasteiger partial charge in [-0.05, 0) is 44.9 Å². The number of rotatable bonds is 5. The average molecular weight is 406 g/mol. The molecule has 1 heterocycles. The second-order valence-corrected chi connectivity index (χ2v) is 7.50. The molecular formula is C20H18F4N4O. The van der Waals surface area contributed by atoms with E-state index in [0.29, 0.717) is 23.8 Å². The standard InChI is InChI=1S/C20H18F4N4O/c1-20(2,29-17-9-15(23)14(22)8-16(17)24)19-27-26-18(28(19)11-4-5-11)12-6-3-10(25)7-13(12)21/h3,6-9,11H,4-5,25H2,1-2H3. The van der Waals surface area contributed by atoms with E-state index >= 15 is 0 Å². The first-order chi connectivity index (χ1) is 13.7. The molecule has 0 atom stereocenters. The summed E-state index contributed by atoms with van der Waals surface area (Å²) in [6.45, 7) is 3.19. The second-order valence-electron chi connectivity index (χ2n) is 7.50. The number of ether oxygens (including phenoxy) is 1. The Bertz CT molecular complexity index is 1090. The van der Waals surface area contributed by atoms with Crippen molar-refractivity contribution in [1.29, 1.82) is 0 Å². The Morgan fingerprint density at radius 3 is 2.31 bits per heavy atom. The fraction of sp³-hybridized carbons (Fsp3) is 0.300. The van der Waals surface area contributed by atoms with Gasteiger partial charge in [-0.15, -0.1) is 10.2 Å². The molecule has 0 unspecified atom stereocenters. The van der Waals surface area contributed by atoms with E-state index in [9.17, 15) is 17.6 Å². The van der Waals surface area contributed by atoms with Crippen LogP contribution in [0.25, 0.3) is 11.4 Å². The minimum Gasteiger partial charge on any atom is -0.477 e. The first-order valence-corrected chi connectivity index (χ1v) is 9.01. The topological polar surface area (TPSA) is 66.0 Å². The predicted molar refractivity (Wildman–Crippen MR) is 98.1 cm³/mol. The summed E-state index contributed by atoms with van der Waals surface area (Å²) in [5, 5.41) is 8.28. The van der Waals surface area contributed by atoms with E-state index in [0.717, 1.165) is 12.8 Å². The van der Waals surface area contributed by atoms with Crippen molar-refractivity contribution in [2.45, 2.75) is 38.3 Å². The summed E-state index contributed by atoms with van der Waals surface area (Å²) in [4.78, 5) is 0. The van der Waals surface area contributed by atoms with Crippen LogP contribution < -0.4 is 10.5 Å². The third kappa shape index (κ3) is 3.52. The number of nitrogens with two attached hydrogens (primary N) is 1. The molecule has 4 rings (SSSR count). The zero-order chi connectivity index (χ0) is 20.9. The van der Waals surface area contributed by atoms with E-state index in [4.69, 9.17) is 10.5 Å². The normalized spacial score (nSPS) is 14.3. The van der Waals surface area contributed by atoms with Crippen molar-refractivity contribution < 1.29 is 22.3 Å². The molecule has 152 valence electrons. The number of benzene rings is 2. The van der Waals surface area contributed by atoms with Crippen LogP contribution in [0.4, 0.5) is 23.2 Å². The number of hydrogen-bond acceptors (Lipinski definition) is 4. The molecule has 0 aliphatic heterocycles. The highest BCUT2D eigenvalue weighted by Crippen LogP contribution is 2.42. The van der Waals surface area contributed by atoms with E-state index in [1.54, 1.807) is 24.5 Å². The van der Waals surface area contributed by atoms with Crippen molar-refractivity contribution in [1.82, 2.24) is 14.8 Å². The maximum absolute atomic E-state index is 14.5. The number of anilines is 1. The third-order valence-corrected chi connectivity index (χ3v) is 4.72. The molecule has 5 nitrogen and oxygen atoms in total. The Morgan fingerprint density at radius 2 is 1.66 bits per heavy atom. The summed E-state index contributed by atoms with van der Waals surface area (Å²) in [5.41, 5.74) is 4.86. The first kappa shape index (κ1) is 19.2. The zero-order valence-corrected chi connectivity index (χ0v) is 15.7. The Labute approximate surface area is 164 Å². The Balaban J connectivity index is 1.77. The maximum atomic E-state index is 14.5. The van der Waals surface area contributed by atoms with Crippen LogP contribution in [0.15, 0.2) is 30.3 Å². The molecule has 0 amide bonds. The molecule has 0 radical (unpaired) electrons. The van der Waals surface area contributed by atoms with Crippen LogP contribution in [-0.2, 0) is 5.60 Å². The monoisotopic (exact) mass is 406 g/mol. The number of nitrogen functional groups attached to an aromatic ring is 1. The molecule has 3 aromatic rings. The van der Waals surface area contributed by atoms with Crippen LogP contribution in [0.1, 0.15) is 38.6 Å². The molecule has 1 saturated carbocycles. The van der Waals surface area contributed by atoms with Crippen LogP contribution in [-0.4, -0.2) is 14.8 Å². The fourth-order valence-electron chi connectivity index (χ4n) is 3.18. The highest BCUT2D eigenvalue weighted by molar-refractivity contribution is 5.60. The summed E-state index contributed by atoms with van der Waals surface area (Å²) < 4.78 is 62.7. The van der Waals surface area contributed by atoms with Crippen LogP contribution in [0.2, 0.25) is 0 Å². The van der Waals surface area contributed by atoms with Crippen molar-refractivity contribution in [3.8, 4) is 17.1 Å². The number of hydrogen-bond donors (Lipinski definition) is 1. The fourth-order valence-corrected chi connectivity index (χ4v) is 3.18. The van der Waals surface area contributed by atoms with Gasteiger partial charge >= 0.3 is 0 Å². The largest absolute Gasteiger partial charge is 0.477 e. The van der Waals surface area contributed by atoms with Gasteiger partial charge in [-0.1, -0.05) is 0 Å². The van der Waals surface area contributed by atoms with E-state index < -0.39 is 34.6 Å². The minimum absolute atomic E-state index is 0.0321. The summed E-state index contributed by atoms with van der Waals surface area (Å²) >= 11 is 0. The van der Waals surface area contributed by atoms with Gasteiger partial charge in [0.2, 0.25) is 0 Å². The molecule has 2 aromatic carbocycles. The van der Waals surface area contributed by atoms with Crippen molar-refractivity contribution in [2.75, 3.05) is 5.73 Å². The number of aromatic nitrogens is 3. The van der Waals surface area contributed by atoms with Gasteiger partial charge in [0.25, 0.3) is 0 Å². The highest BCUT2D eigenvalue weighted by atomic mass is 19.2. The van der Waals surface area contributed by atoms with Crippen LogP contribution in [0.3, 0.4) is 0 Å². The molecule has 1 aliphatic carbocycles. The zero-order valence-electron chi connectivity index (χ0n) is 15.7. The van der Waals surface area contributed by atoms with Crippen molar-refractivity contribution in [3.63, 3.8) is 0 Å². The lowest BCUT2D eigenvalue weighted by Crippen LogP contribution is -2.30. The Hall–Kier alpha value is -3.10. The molecular weight excluding hydrogens is 388 g/mol. The molecule has 0 bridgehead atoms. The molecule has 29 heavy (non-hydrogen) atoms. The molecule has 0 saturated heterocycles. The Kier molecular flexibility index (Phi) is 4.48. The van der Waals surface area contributed by atoms with Gasteiger partial charge in [0, 0.05) is 23.9 Å². The minimum atomic E-state index is -1.31. The molecule has 0 spiro atoms. The van der Waals surface area contributed by atoms with E-state index in [1.807, 2.05) is 0 Å². The third-order valence-electron chi connectivity index (χ3n) is 4.72. The van der Waals surface area contributed by atoms with Crippen LogP contribution in [0, 0.1) is 23.3 Å². The van der Waals surface area contributed by atoms with Crippen molar-refractivity contribution in [2.24, 2.45) is 0 Å². The van der Waals surface area contributed by atoms with E-state index in [2.05, 4.69) is 10.2 Å². The van der Waals surface area contributed by atoms with E-state index in [1.165, 1.54) is 12.1 Å². The lowest BCUT2D eigenvalue weighted by molar-refractivity contribution is 0.0874. The lowest BCUT2D eigenvalue weighted by atomic mass is 10.1. The smallest absolute Gasteiger partial charge is 0.177 e. The van der Waals surface area contributed by atoms with Gasteiger partial charge in [0.15, 0.2) is 40.5 Å². The predicted octanol–water partition coefficient (Wildman–Crippen LogP) is 4.73. The number of nitrogens with zero attached hydrogens (tertiary/aromatic N) is 3. The molecule has 9 heteroatoms. The SMILES string of the molecule is CC(C)(Oc1cc(F)c(F)cc1F)c1nnc(-c2ccc(N)cc2F)n1C1CC1. The molecule has 2 N–H and O–H groups in total. The number of halogens is 4. The molecule has 1 aromatic heterocycles. The van der Waals surface area contributed by atoms with Crippen molar-refractivity contribution >= 4 is 5.69 Å². The summed E-state index contributed by atoms with van der Waals surface area (Å²) in [6.07, 6.45) is 1.68. The highest BCUT2D eigenvalue weighted by Gasteiger charge is 2.38. The van der Waals surface area contributed by atoms with Crippen LogP contribution in [0.5, 0.6) is 5.75 Å². The Morgan fingerprint density at radius 1 is 0.966 bits per heavy atom. The van der Waals surface area contributed by atoms with Crippen LogP contribution >= 0.6 is 0 Å². The molecule has 1 fully saturated rings. The first-order valence-electron chi connectivity index (χ1n) is 9.01. The summed E-state index contributed by atoms with van der Waals surface area (Å²) in [7, 11) is 0. The van der Waals surface area contributed by atoms with Gasteiger partial charge in [0.1, 0.15) is 5.82 Å². The van der Waals surface area contributed by atoms with Gasteiger partial charge in [-0.2, -0.15) is 0 Å². The van der Waals surface area contributed by atoms with Gasteiger partial charge < -0.3 is 15.0 Å². The van der Waals surface area contributed by atoms with Crippen molar-refractivity contribution in [3.05, 3.63) is 59.4 Å². The van der Waals surface area contributed by atoms with Gasteiger partial charge in [0.05, 0.1) is 5.56 Å². The van der Waals surface area contributed by atoms with Gasteiger partial charge in [-0.3, -0.25) is 0 Å². The molecule has 1 aliphatic rings. The van der Waals surface area contributed by atoms with E-state index in [-0.39, 0.29) is 17.3 Å². The quantitative estimate of drug-likeness (QED) is 0.378.